The Balaban J connectivity index is 1.39. The molecular weight excluding hydrogens is 404 g/mol. The summed E-state index contributed by atoms with van der Waals surface area (Å²) in [5.74, 6) is 2.52. The summed E-state index contributed by atoms with van der Waals surface area (Å²) in [7, 11) is 0. The first-order chi connectivity index (χ1) is 14.3. The topological polar surface area (TPSA) is 73.8 Å². The second-order valence-corrected chi connectivity index (χ2v) is 10.5. The third kappa shape index (κ3) is 3.24. The van der Waals surface area contributed by atoms with Crippen LogP contribution in [0.5, 0.6) is 0 Å². The Morgan fingerprint density at radius 2 is 1.90 bits per heavy atom. The molecule has 0 aromatic carbocycles. The summed E-state index contributed by atoms with van der Waals surface area (Å²) in [6, 6.07) is 0.272. The standard InChI is InChI=1S/C21H24N4O2S2/c26-20-17-14-7-3-4-8-15(14)29-19(17)23-21(25(20)13-5-1-2-6-13)28-11-16-22-18(27-24-16)12-9-10-12/h12-13H,1-11H2. The maximum atomic E-state index is 13.6. The van der Waals surface area contributed by atoms with E-state index in [1.807, 2.05) is 4.57 Å². The highest BCUT2D eigenvalue weighted by Crippen LogP contribution is 2.40. The van der Waals surface area contributed by atoms with Crippen LogP contribution in [0.25, 0.3) is 10.2 Å². The smallest absolute Gasteiger partial charge is 0.263 e. The van der Waals surface area contributed by atoms with Gasteiger partial charge in [-0.25, -0.2) is 4.98 Å². The van der Waals surface area contributed by atoms with Crippen molar-refractivity contribution >= 4 is 33.3 Å². The molecule has 0 radical (unpaired) electrons. The van der Waals surface area contributed by atoms with E-state index in [0.29, 0.717) is 17.5 Å². The summed E-state index contributed by atoms with van der Waals surface area (Å²) >= 11 is 3.31. The molecule has 3 aliphatic rings. The molecule has 6 rings (SSSR count). The van der Waals surface area contributed by atoms with Crippen LogP contribution in [0.15, 0.2) is 14.5 Å². The SMILES string of the molecule is O=c1c2c3c(sc2nc(SCc2noc(C4CC4)n2)n1C1CCCC1)CCCC3. The molecule has 0 N–H and O–H groups in total. The van der Waals surface area contributed by atoms with Crippen LogP contribution < -0.4 is 5.56 Å². The van der Waals surface area contributed by atoms with E-state index in [1.165, 1.54) is 36.1 Å². The number of fused-ring (bicyclic) bond motifs is 3. The average molecular weight is 429 g/mol. The van der Waals surface area contributed by atoms with Crippen LogP contribution in [-0.4, -0.2) is 19.7 Å². The van der Waals surface area contributed by atoms with Gasteiger partial charge in [0.1, 0.15) is 4.83 Å². The van der Waals surface area contributed by atoms with E-state index < -0.39 is 0 Å². The van der Waals surface area contributed by atoms with Gasteiger partial charge in [-0.05, 0) is 56.9 Å². The monoisotopic (exact) mass is 428 g/mol. The second-order valence-electron chi connectivity index (χ2n) is 8.51. The van der Waals surface area contributed by atoms with Gasteiger partial charge >= 0.3 is 0 Å². The lowest BCUT2D eigenvalue weighted by molar-refractivity contribution is 0.375. The van der Waals surface area contributed by atoms with Crippen LogP contribution in [0.2, 0.25) is 0 Å². The van der Waals surface area contributed by atoms with E-state index in [-0.39, 0.29) is 11.6 Å². The Kier molecular flexibility index (Phi) is 4.52. The van der Waals surface area contributed by atoms with Crippen molar-refractivity contribution < 1.29 is 4.52 Å². The molecule has 3 heterocycles. The molecule has 0 atom stereocenters. The zero-order valence-electron chi connectivity index (χ0n) is 16.4. The van der Waals surface area contributed by atoms with Crippen molar-refractivity contribution in [2.24, 2.45) is 0 Å². The fourth-order valence-corrected chi connectivity index (χ4v) is 6.95. The molecule has 0 aliphatic heterocycles. The van der Waals surface area contributed by atoms with Crippen LogP contribution in [0, 0.1) is 0 Å². The lowest BCUT2D eigenvalue weighted by atomic mass is 9.97. The van der Waals surface area contributed by atoms with Crippen molar-refractivity contribution in [3.05, 3.63) is 32.5 Å². The Morgan fingerprint density at radius 1 is 1.07 bits per heavy atom. The molecule has 2 saturated carbocycles. The highest BCUT2D eigenvalue weighted by atomic mass is 32.2. The van der Waals surface area contributed by atoms with E-state index in [0.717, 1.165) is 59.8 Å². The third-order valence-corrected chi connectivity index (χ3v) is 8.55. The van der Waals surface area contributed by atoms with Gasteiger partial charge in [0.15, 0.2) is 11.0 Å². The maximum Gasteiger partial charge on any atom is 0.263 e. The van der Waals surface area contributed by atoms with Crippen molar-refractivity contribution in [1.29, 1.82) is 0 Å². The summed E-state index contributed by atoms with van der Waals surface area (Å²) in [5, 5.41) is 5.86. The summed E-state index contributed by atoms with van der Waals surface area (Å²) in [4.78, 5) is 25.5. The van der Waals surface area contributed by atoms with Gasteiger partial charge in [-0.15, -0.1) is 11.3 Å². The zero-order valence-corrected chi connectivity index (χ0v) is 18.0. The molecular formula is C21H24N4O2S2. The van der Waals surface area contributed by atoms with Gasteiger partial charge in [-0.1, -0.05) is 29.8 Å². The molecule has 2 fully saturated rings. The third-order valence-electron chi connectivity index (χ3n) is 6.42. The van der Waals surface area contributed by atoms with Crippen LogP contribution in [0.3, 0.4) is 0 Å². The molecule has 0 unspecified atom stereocenters. The Morgan fingerprint density at radius 3 is 2.72 bits per heavy atom. The molecule has 29 heavy (non-hydrogen) atoms. The first-order valence-corrected chi connectivity index (χ1v) is 12.6. The number of hydrogen-bond donors (Lipinski definition) is 0. The molecule has 0 bridgehead atoms. The van der Waals surface area contributed by atoms with Crippen molar-refractivity contribution in [3.8, 4) is 0 Å². The first-order valence-electron chi connectivity index (χ1n) is 10.8. The Bertz CT molecular complexity index is 1120. The maximum absolute atomic E-state index is 13.6. The summed E-state index contributed by atoms with van der Waals surface area (Å²) in [6.07, 6.45) is 11.3. The number of rotatable bonds is 5. The average Bonchev–Trinajstić information content (AvgIpc) is 3.14. The minimum atomic E-state index is 0.176. The fraction of sp³-hybridized carbons (Fsp3) is 0.619. The molecule has 3 aliphatic carbocycles. The number of nitrogens with zero attached hydrogens (tertiary/aromatic N) is 4. The largest absolute Gasteiger partial charge is 0.339 e. The van der Waals surface area contributed by atoms with Crippen molar-refractivity contribution in [2.75, 3.05) is 0 Å². The van der Waals surface area contributed by atoms with Crippen LogP contribution in [0.4, 0.5) is 0 Å². The number of hydrogen-bond acceptors (Lipinski definition) is 7. The molecule has 152 valence electrons. The molecule has 8 heteroatoms. The normalized spacial score (nSPS) is 19.9. The summed E-state index contributed by atoms with van der Waals surface area (Å²) in [6.45, 7) is 0. The molecule has 3 aromatic rings. The van der Waals surface area contributed by atoms with E-state index in [4.69, 9.17) is 9.51 Å². The van der Waals surface area contributed by atoms with Gasteiger partial charge in [0, 0.05) is 16.8 Å². The Labute approximate surface area is 177 Å². The van der Waals surface area contributed by atoms with Gasteiger partial charge in [-0.2, -0.15) is 4.98 Å². The minimum Gasteiger partial charge on any atom is -0.339 e. The van der Waals surface area contributed by atoms with Gasteiger partial charge in [0.25, 0.3) is 5.56 Å². The predicted molar refractivity (Wildman–Crippen MR) is 114 cm³/mol. The lowest BCUT2D eigenvalue weighted by Gasteiger charge is -2.18. The zero-order chi connectivity index (χ0) is 19.4. The lowest BCUT2D eigenvalue weighted by Crippen LogP contribution is -2.26. The first kappa shape index (κ1) is 18.1. The summed E-state index contributed by atoms with van der Waals surface area (Å²) < 4.78 is 7.40. The Hall–Kier alpha value is -1.67. The minimum absolute atomic E-state index is 0.176. The number of thiophene rings is 1. The van der Waals surface area contributed by atoms with Gasteiger partial charge in [-0.3, -0.25) is 9.36 Å². The van der Waals surface area contributed by atoms with Gasteiger partial charge in [0.2, 0.25) is 5.89 Å². The molecule has 0 spiro atoms. The van der Waals surface area contributed by atoms with Crippen LogP contribution in [0.1, 0.15) is 85.5 Å². The second kappa shape index (κ2) is 7.23. The van der Waals surface area contributed by atoms with Crippen molar-refractivity contribution in [1.82, 2.24) is 19.7 Å². The molecule has 6 nitrogen and oxygen atoms in total. The number of thioether (sulfide) groups is 1. The molecule has 0 saturated heterocycles. The quantitative estimate of drug-likeness (QED) is 0.420. The van der Waals surface area contributed by atoms with Gasteiger partial charge in [0.05, 0.1) is 11.1 Å². The van der Waals surface area contributed by atoms with E-state index in [9.17, 15) is 4.79 Å². The fourth-order valence-electron chi connectivity index (χ4n) is 4.74. The van der Waals surface area contributed by atoms with Crippen molar-refractivity contribution in [3.63, 3.8) is 0 Å². The predicted octanol–water partition coefficient (Wildman–Crippen LogP) is 5.00. The van der Waals surface area contributed by atoms with Gasteiger partial charge < -0.3 is 4.52 Å². The van der Waals surface area contributed by atoms with E-state index >= 15 is 0 Å². The summed E-state index contributed by atoms with van der Waals surface area (Å²) in [5.41, 5.74) is 1.46. The van der Waals surface area contributed by atoms with E-state index in [1.54, 1.807) is 23.1 Å². The molecule has 0 amide bonds. The molecule has 3 aromatic heterocycles. The van der Waals surface area contributed by atoms with Crippen LogP contribution >= 0.6 is 23.1 Å². The van der Waals surface area contributed by atoms with E-state index in [2.05, 4.69) is 10.1 Å². The van der Waals surface area contributed by atoms with Crippen molar-refractivity contribution in [2.45, 2.75) is 87.1 Å². The number of aromatic nitrogens is 4. The van der Waals surface area contributed by atoms with Crippen LogP contribution in [-0.2, 0) is 18.6 Å². The highest BCUT2D eigenvalue weighted by molar-refractivity contribution is 7.98. The highest BCUT2D eigenvalue weighted by Gasteiger charge is 2.30. The number of aryl methyl sites for hydroxylation is 2.